The van der Waals surface area contributed by atoms with Gasteiger partial charge in [0.15, 0.2) is 5.11 Å². The summed E-state index contributed by atoms with van der Waals surface area (Å²) in [6.45, 7) is 0. The minimum absolute atomic E-state index is 0.204. The molecule has 0 saturated carbocycles. The molecule has 0 unspecified atom stereocenters. The Morgan fingerprint density at radius 1 is 1.03 bits per heavy atom. The van der Waals surface area contributed by atoms with Gasteiger partial charge in [-0.3, -0.25) is 9.71 Å². The van der Waals surface area contributed by atoms with E-state index in [-0.39, 0.29) is 12.1 Å². The Balaban J connectivity index is 1.59. The average Bonchev–Trinajstić information content (AvgIpc) is 3.49. The molecule has 184 valence electrons. The van der Waals surface area contributed by atoms with Gasteiger partial charge in [-0.2, -0.15) is 0 Å². The minimum atomic E-state index is -3.47. The van der Waals surface area contributed by atoms with Crippen LogP contribution in [0.2, 0.25) is 0 Å². The normalized spacial score (nSPS) is 17.6. The molecule has 2 aromatic heterocycles. The second-order valence-electron chi connectivity index (χ2n) is 8.44. The average molecular weight is 520 g/mol. The van der Waals surface area contributed by atoms with Crippen LogP contribution < -0.4 is 19.7 Å². The molecule has 0 radical (unpaired) electrons. The Labute approximate surface area is 215 Å². The minimum Gasteiger partial charge on any atom is -0.494 e. The second-order valence-corrected chi connectivity index (χ2v) is 10.6. The van der Waals surface area contributed by atoms with Crippen LogP contribution in [0.1, 0.15) is 23.3 Å². The van der Waals surface area contributed by atoms with Gasteiger partial charge in [-0.25, -0.2) is 8.42 Å². The van der Waals surface area contributed by atoms with Crippen molar-refractivity contribution in [2.75, 3.05) is 23.0 Å². The van der Waals surface area contributed by atoms with E-state index in [1.165, 1.54) is 7.11 Å². The van der Waals surface area contributed by atoms with Crippen molar-refractivity contribution >= 4 is 38.7 Å². The van der Waals surface area contributed by atoms with Gasteiger partial charge in [-0.1, -0.05) is 24.3 Å². The van der Waals surface area contributed by atoms with Crippen molar-refractivity contribution < 1.29 is 13.2 Å². The maximum atomic E-state index is 11.8. The van der Waals surface area contributed by atoms with Crippen LogP contribution in [-0.4, -0.2) is 36.4 Å². The molecule has 1 aliphatic heterocycles. The molecule has 2 atom stereocenters. The molecular weight excluding hydrogens is 494 g/mol. The quantitative estimate of drug-likeness (QED) is 0.349. The number of para-hydroxylation sites is 1. The van der Waals surface area contributed by atoms with Crippen LogP contribution in [0.3, 0.4) is 0 Å². The lowest BCUT2D eigenvalue weighted by atomic mass is 9.98. The Bertz CT molecular complexity index is 1490. The van der Waals surface area contributed by atoms with Gasteiger partial charge in [0.1, 0.15) is 5.75 Å². The molecule has 2 N–H and O–H groups in total. The number of ether oxygens (including phenoxy) is 1. The zero-order valence-electron chi connectivity index (χ0n) is 19.7. The summed E-state index contributed by atoms with van der Waals surface area (Å²) >= 11 is 5.80. The molecule has 10 heteroatoms. The highest BCUT2D eigenvalue weighted by molar-refractivity contribution is 7.92. The Morgan fingerprint density at radius 3 is 2.50 bits per heavy atom. The van der Waals surface area contributed by atoms with E-state index >= 15 is 0 Å². The summed E-state index contributed by atoms with van der Waals surface area (Å²) in [7, 11) is -1.97. The number of anilines is 2. The van der Waals surface area contributed by atoms with Crippen molar-refractivity contribution in [3.05, 3.63) is 103 Å². The number of hydrogen-bond donors (Lipinski definition) is 2. The number of methoxy groups -OCH3 is 1. The molecular formula is C26H25N5O3S2. The van der Waals surface area contributed by atoms with Crippen molar-refractivity contribution in [1.82, 2.24) is 14.9 Å². The number of nitrogens with one attached hydrogen (secondary N) is 2. The van der Waals surface area contributed by atoms with E-state index in [1.807, 2.05) is 65.7 Å². The van der Waals surface area contributed by atoms with Gasteiger partial charge >= 0.3 is 0 Å². The number of aromatic nitrogens is 2. The maximum absolute atomic E-state index is 11.8. The number of rotatable bonds is 7. The molecule has 0 bridgehead atoms. The van der Waals surface area contributed by atoms with Crippen LogP contribution >= 0.6 is 12.2 Å². The first-order valence-electron chi connectivity index (χ1n) is 11.2. The maximum Gasteiger partial charge on any atom is 0.229 e. The van der Waals surface area contributed by atoms with Crippen molar-refractivity contribution in [3.8, 4) is 11.4 Å². The number of benzene rings is 2. The number of thiocarbonyl (C=S) groups is 1. The summed E-state index contributed by atoms with van der Waals surface area (Å²) in [5.41, 5.74) is 4.08. The first kappa shape index (κ1) is 23.8. The summed E-state index contributed by atoms with van der Waals surface area (Å²) in [5, 5.41) is 3.98. The van der Waals surface area contributed by atoms with Crippen molar-refractivity contribution in [2.24, 2.45) is 0 Å². The lowest BCUT2D eigenvalue weighted by molar-refractivity contribution is 0.417. The van der Waals surface area contributed by atoms with E-state index in [2.05, 4.69) is 31.9 Å². The number of nitrogens with zero attached hydrogens (tertiary/aromatic N) is 3. The summed E-state index contributed by atoms with van der Waals surface area (Å²) in [5.74, 6) is 0.391. The van der Waals surface area contributed by atoms with Gasteiger partial charge < -0.3 is 19.5 Å². The molecule has 8 nitrogen and oxygen atoms in total. The molecule has 4 aromatic rings. The van der Waals surface area contributed by atoms with Gasteiger partial charge in [0.25, 0.3) is 0 Å². The first-order valence-corrected chi connectivity index (χ1v) is 13.5. The fourth-order valence-electron chi connectivity index (χ4n) is 4.43. The molecule has 0 amide bonds. The monoisotopic (exact) mass is 519 g/mol. The molecule has 3 heterocycles. The predicted octanol–water partition coefficient (Wildman–Crippen LogP) is 4.43. The van der Waals surface area contributed by atoms with Crippen molar-refractivity contribution in [1.29, 1.82) is 0 Å². The first-order chi connectivity index (χ1) is 17.3. The van der Waals surface area contributed by atoms with Crippen LogP contribution in [0.4, 0.5) is 11.4 Å². The van der Waals surface area contributed by atoms with Crippen LogP contribution in [0.25, 0.3) is 5.69 Å². The molecule has 2 aromatic carbocycles. The summed E-state index contributed by atoms with van der Waals surface area (Å²) in [6.07, 6.45) is 6.99. The Kier molecular flexibility index (Phi) is 6.38. The lowest BCUT2D eigenvalue weighted by Crippen LogP contribution is -2.29. The van der Waals surface area contributed by atoms with Gasteiger partial charge in [-0.15, -0.1) is 0 Å². The van der Waals surface area contributed by atoms with E-state index in [4.69, 9.17) is 17.0 Å². The molecule has 5 rings (SSSR count). The van der Waals surface area contributed by atoms with Crippen LogP contribution in [-0.2, 0) is 10.0 Å². The van der Waals surface area contributed by atoms with E-state index in [9.17, 15) is 8.42 Å². The highest BCUT2D eigenvalue weighted by Gasteiger charge is 2.41. The number of hydrogen-bond acceptors (Lipinski definition) is 5. The van der Waals surface area contributed by atoms with Crippen LogP contribution in [0, 0.1) is 0 Å². The van der Waals surface area contributed by atoms with E-state index in [1.54, 1.807) is 18.3 Å². The Hall–Kier alpha value is -3.89. The SMILES string of the molecule is COc1cc(N2C(=S)N[C@@H](c3ccccn3)[C@H]2c2ccn(-c3ccccc3)c2)ccc1NS(C)(=O)=O. The molecule has 0 aliphatic carbocycles. The lowest BCUT2D eigenvalue weighted by Gasteiger charge is -2.28. The third-order valence-corrected chi connectivity index (χ3v) is 6.87. The fourth-order valence-corrected chi connectivity index (χ4v) is 5.35. The Morgan fingerprint density at radius 2 is 1.81 bits per heavy atom. The second kappa shape index (κ2) is 9.63. The van der Waals surface area contributed by atoms with Gasteiger partial charge in [0, 0.05) is 36.0 Å². The summed E-state index contributed by atoms with van der Waals surface area (Å²) in [4.78, 5) is 6.62. The highest BCUT2D eigenvalue weighted by atomic mass is 32.2. The molecule has 1 fully saturated rings. The largest absolute Gasteiger partial charge is 0.494 e. The fraction of sp³-hybridized carbons (Fsp3) is 0.154. The zero-order valence-corrected chi connectivity index (χ0v) is 21.3. The van der Waals surface area contributed by atoms with E-state index < -0.39 is 10.0 Å². The van der Waals surface area contributed by atoms with Gasteiger partial charge in [-0.05, 0) is 60.2 Å². The third-order valence-electron chi connectivity index (χ3n) is 5.97. The summed E-state index contributed by atoms with van der Waals surface area (Å²) in [6, 6.07) is 22.9. The van der Waals surface area contributed by atoms with Crippen LogP contribution in [0.15, 0.2) is 91.4 Å². The van der Waals surface area contributed by atoms with Gasteiger partial charge in [0.05, 0.1) is 36.8 Å². The molecule has 0 spiro atoms. The summed E-state index contributed by atoms with van der Waals surface area (Å²) < 4.78 is 33.7. The number of sulfonamides is 1. The van der Waals surface area contributed by atoms with Crippen molar-refractivity contribution in [2.45, 2.75) is 12.1 Å². The third kappa shape index (κ3) is 4.77. The highest BCUT2D eigenvalue weighted by Crippen LogP contribution is 2.43. The predicted molar refractivity (Wildman–Crippen MR) is 145 cm³/mol. The topological polar surface area (TPSA) is 88.5 Å². The smallest absolute Gasteiger partial charge is 0.229 e. The zero-order chi connectivity index (χ0) is 25.3. The van der Waals surface area contributed by atoms with Crippen molar-refractivity contribution in [3.63, 3.8) is 0 Å². The standard InChI is InChI=1S/C26H25N5O3S2/c1-34-23-16-20(11-12-21(23)29-36(2,32)33)31-25(24(28-26(31)35)22-10-6-7-14-27-22)18-13-15-30(17-18)19-8-4-3-5-9-19/h3-17,24-25,29H,1-2H3,(H,28,35)/t24-,25+/m0/s1. The van der Waals surface area contributed by atoms with E-state index in [0.717, 1.165) is 28.9 Å². The van der Waals surface area contributed by atoms with E-state index in [0.29, 0.717) is 16.5 Å². The molecule has 1 saturated heterocycles. The molecule has 36 heavy (non-hydrogen) atoms. The van der Waals surface area contributed by atoms with Gasteiger partial charge in [0.2, 0.25) is 10.0 Å². The number of pyridine rings is 1. The molecule has 1 aliphatic rings. The van der Waals surface area contributed by atoms with Crippen LogP contribution in [0.5, 0.6) is 5.75 Å².